The summed E-state index contributed by atoms with van der Waals surface area (Å²) in [6.45, 7) is 8.48. The summed E-state index contributed by atoms with van der Waals surface area (Å²) in [6.07, 6.45) is 0.745. The molecule has 0 bridgehead atoms. The van der Waals surface area contributed by atoms with Crippen LogP contribution in [0.4, 0.5) is 4.39 Å². The first-order valence-corrected chi connectivity index (χ1v) is 11.3. The minimum Gasteiger partial charge on any atom is -0.396 e. The zero-order valence-corrected chi connectivity index (χ0v) is 18.4. The molecule has 1 saturated heterocycles. The molecular weight excluding hydrogens is 399 g/mol. The Kier molecular flexibility index (Phi) is 6.63. The van der Waals surface area contributed by atoms with Gasteiger partial charge in [-0.2, -0.15) is 5.10 Å². The van der Waals surface area contributed by atoms with E-state index in [4.69, 9.17) is 0 Å². The van der Waals surface area contributed by atoms with Crippen molar-refractivity contribution in [3.63, 3.8) is 0 Å². The summed E-state index contributed by atoms with van der Waals surface area (Å²) in [4.78, 5) is 6.18. The Labute approximate surface area is 181 Å². The predicted molar refractivity (Wildman–Crippen MR) is 118 cm³/mol. The van der Waals surface area contributed by atoms with Gasteiger partial charge in [0.05, 0.1) is 11.4 Å². The lowest BCUT2D eigenvalue weighted by Crippen LogP contribution is -2.52. The van der Waals surface area contributed by atoms with Crippen LogP contribution < -0.4 is 0 Å². The molecule has 5 nitrogen and oxygen atoms in total. The van der Waals surface area contributed by atoms with Crippen LogP contribution in [0.2, 0.25) is 0 Å². The molecule has 0 amide bonds. The van der Waals surface area contributed by atoms with E-state index < -0.39 is 0 Å². The summed E-state index contributed by atoms with van der Waals surface area (Å²) >= 11 is 1.78. The van der Waals surface area contributed by atoms with Crippen LogP contribution in [0.3, 0.4) is 0 Å². The van der Waals surface area contributed by atoms with Crippen molar-refractivity contribution < 1.29 is 9.50 Å². The summed E-state index contributed by atoms with van der Waals surface area (Å²) < 4.78 is 16.0. The molecule has 0 unspecified atom stereocenters. The topological polar surface area (TPSA) is 44.5 Å². The van der Waals surface area contributed by atoms with Gasteiger partial charge in [-0.25, -0.2) is 9.07 Å². The molecule has 30 heavy (non-hydrogen) atoms. The van der Waals surface area contributed by atoms with Crippen molar-refractivity contribution in [2.24, 2.45) is 0 Å². The molecule has 4 rings (SSSR count). The van der Waals surface area contributed by atoms with Gasteiger partial charge in [-0.3, -0.25) is 9.80 Å². The van der Waals surface area contributed by atoms with E-state index in [1.807, 2.05) is 30.7 Å². The van der Waals surface area contributed by atoms with E-state index in [0.717, 1.165) is 55.2 Å². The highest BCUT2D eigenvalue weighted by molar-refractivity contribution is 7.09. The molecule has 0 spiro atoms. The van der Waals surface area contributed by atoms with Gasteiger partial charge in [-0.05, 0) is 61.5 Å². The molecule has 1 atom stereocenters. The highest BCUT2D eigenvalue weighted by atomic mass is 32.1. The molecule has 0 saturated carbocycles. The summed E-state index contributed by atoms with van der Waals surface area (Å²) in [5.74, 6) is -0.224. The smallest absolute Gasteiger partial charge is 0.123 e. The predicted octanol–water partition coefficient (Wildman–Crippen LogP) is 3.76. The number of nitrogens with zero attached hydrogens (tertiary/aromatic N) is 4. The molecular formula is C23H29FN4OS. The third-order valence-corrected chi connectivity index (χ3v) is 6.62. The molecule has 2 aromatic heterocycles. The van der Waals surface area contributed by atoms with E-state index in [0.29, 0.717) is 6.54 Å². The first kappa shape index (κ1) is 21.2. The zero-order chi connectivity index (χ0) is 21.1. The van der Waals surface area contributed by atoms with Crippen LogP contribution in [0.5, 0.6) is 0 Å². The lowest BCUT2D eigenvalue weighted by molar-refractivity contribution is 0.0506. The number of hydrogen-bond acceptors (Lipinski definition) is 5. The number of hydrogen-bond donors (Lipinski definition) is 1. The summed E-state index contributed by atoms with van der Waals surface area (Å²) in [5, 5.41) is 16.3. The van der Waals surface area contributed by atoms with Crippen LogP contribution in [0.25, 0.3) is 5.69 Å². The van der Waals surface area contributed by atoms with Crippen molar-refractivity contribution in [1.82, 2.24) is 19.6 Å². The second kappa shape index (κ2) is 9.39. The maximum atomic E-state index is 14.1. The standard InChI is InChI=1S/C23H29FN4OS/c1-17-12-18(2)28(25-17)23-6-5-20(24)13-19(23)14-26-8-9-27(21(15-26)7-10-29)16-22-4-3-11-30-22/h3-6,11-13,21,29H,7-10,14-16H2,1-2H3/t21-/m0/s1. The number of aryl methyl sites for hydroxylation is 2. The fraction of sp³-hybridized carbons (Fsp3) is 0.435. The fourth-order valence-electron chi connectivity index (χ4n) is 4.34. The van der Waals surface area contributed by atoms with Crippen LogP contribution >= 0.6 is 11.3 Å². The molecule has 1 fully saturated rings. The van der Waals surface area contributed by atoms with Gasteiger partial charge in [0.15, 0.2) is 0 Å². The quantitative estimate of drug-likeness (QED) is 0.622. The molecule has 3 aromatic rings. The van der Waals surface area contributed by atoms with Crippen LogP contribution in [-0.4, -0.2) is 57.0 Å². The number of aliphatic hydroxyl groups is 1. The second-order valence-electron chi connectivity index (χ2n) is 8.06. The van der Waals surface area contributed by atoms with Gasteiger partial charge in [0.25, 0.3) is 0 Å². The van der Waals surface area contributed by atoms with E-state index in [-0.39, 0.29) is 18.5 Å². The molecule has 0 radical (unpaired) electrons. The van der Waals surface area contributed by atoms with Crippen LogP contribution in [0, 0.1) is 19.7 Å². The Bertz CT molecular complexity index is 972. The molecule has 3 heterocycles. The first-order chi connectivity index (χ1) is 14.5. The maximum absolute atomic E-state index is 14.1. The average Bonchev–Trinajstić information content (AvgIpc) is 3.33. The number of halogens is 1. The van der Waals surface area contributed by atoms with Crippen molar-refractivity contribution in [2.75, 3.05) is 26.2 Å². The lowest BCUT2D eigenvalue weighted by atomic mass is 10.1. The molecule has 1 N–H and O–H groups in total. The summed E-state index contributed by atoms with van der Waals surface area (Å²) in [6, 6.07) is 11.5. The number of piperazine rings is 1. The molecule has 0 aliphatic carbocycles. The molecule has 160 valence electrons. The number of benzene rings is 1. The van der Waals surface area contributed by atoms with E-state index in [1.165, 1.54) is 10.9 Å². The average molecular weight is 429 g/mol. The minimum absolute atomic E-state index is 0.177. The van der Waals surface area contributed by atoms with Gasteiger partial charge in [0.2, 0.25) is 0 Å². The monoisotopic (exact) mass is 428 g/mol. The van der Waals surface area contributed by atoms with Crippen molar-refractivity contribution in [3.05, 3.63) is 69.4 Å². The van der Waals surface area contributed by atoms with E-state index in [9.17, 15) is 9.50 Å². The lowest BCUT2D eigenvalue weighted by Gasteiger charge is -2.41. The summed E-state index contributed by atoms with van der Waals surface area (Å²) in [7, 11) is 0. The van der Waals surface area contributed by atoms with Crippen molar-refractivity contribution in [2.45, 2.75) is 39.4 Å². The van der Waals surface area contributed by atoms with Gasteiger partial charge in [-0.1, -0.05) is 6.07 Å². The van der Waals surface area contributed by atoms with Gasteiger partial charge in [0.1, 0.15) is 5.82 Å². The number of rotatable bonds is 7. The van der Waals surface area contributed by atoms with Crippen molar-refractivity contribution in [3.8, 4) is 5.69 Å². The molecule has 1 aromatic carbocycles. The van der Waals surface area contributed by atoms with Gasteiger partial charge >= 0.3 is 0 Å². The van der Waals surface area contributed by atoms with Crippen LogP contribution in [-0.2, 0) is 13.1 Å². The van der Waals surface area contributed by atoms with E-state index in [1.54, 1.807) is 17.4 Å². The van der Waals surface area contributed by atoms with E-state index in [2.05, 4.69) is 32.4 Å². The Morgan fingerprint density at radius 2 is 2.03 bits per heavy atom. The van der Waals surface area contributed by atoms with Crippen molar-refractivity contribution in [1.29, 1.82) is 0 Å². The van der Waals surface area contributed by atoms with Crippen LogP contribution in [0.15, 0.2) is 41.8 Å². The molecule has 1 aliphatic rings. The third-order valence-electron chi connectivity index (χ3n) is 5.76. The van der Waals surface area contributed by atoms with E-state index >= 15 is 0 Å². The second-order valence-corrected chi connectivity index (χ2v) is 9.10. The van der Waals surface area contributed by atoms with Crippen LogP contribution in [0.1, 0.15) is 28.2 Å². The highest BCUT2D eigenvalue weighted by Crippen LogP contribution is 2.24. The normalized spacial score (nSPS) is 18.2. The molecule has 1 aliphatic heterocycles. The Hall–Kier alpha value is -2.06. The highest BCUT2D eigenvalue weighted by Gasteiger charge is 2.27. The Balaban J connectivity index is 1.52. The number of aromatic nitrogens is 2. The SMILES string of the molecule is Cc1cc(C)n(-c2ccc(F)cc2CN2CCN(Cc3cccs3)[C@@H](CCO)C2)n1. The Morgan fingerprint density at radius 3 is 2.73 bits per heavy atom. The number of aliphatic hydroxyl groups excluding tert-OH is 1. The van der Waals surface area contributed by atoms with Crippen molar-refractivity contribution >= 4 is 11.3 Å². The minimum atomic E-state index is -0.224. The van der Waals surface area contributed by atoms with Gasteiger partial charge in [-0.15, -0.1) is 11.3 Å². The van der Waals surface area contributed by atoms with Gasteiger partial charge < -0.3 is 5.11 Å². The largest absolute Gasteiger partial charge is 0.396 e. The zero-order valence-electron chi connectivity index (χ0n) is 17.6. The fourth-order valence-corrected chi connectivity index (χ4v) is 5.07. The number of thiophene rings is 1. The molecule has 7 heteroatoms. The maximum Gasteiger partial charge on any atom is 0.123 e. The first-order valence-electron chi connectivity index (χ1n) is 10.4. The third kappa shape index (κ3) is 4.81. The Morgan fingerprint density at radius 1 is 1.17 bits per heavy atom. The van der Waals surface area contributed by atoms with Gasteiger partial charge in [0, 0.05) is 55.9 Å². The summed E-state index contributed by atoms with van der Waals surface area (Å²) in [5.41, 5.74) is 3.87.